The molecule has 15 heteroatoms. The van der Waals surface area contributed by atoms with E-state index in [-0.39, 0.29) is 48.0 Å². The smallest absolute Gasteiger partial charge is 0.411 e. The molecule has 1 saturated carbocycles. The molecular formula is C37H41N7O6S2. The van der Waals surface area contributed by atoms with Crippen molar-refractivity contribution < 1.29 is 27.5 Å². The van der Waals surface area contributed by atoms with Gasteiger partial charge in [0.25, 0.3) is 11.8 Å². The van der Waals surface area contributed by atoms with Crippen LogP contribution in [-0.2, 0) is 32.7 Å². The van der Waals surface area contributed by atoms with Gasteiger partial charge in [-0.2, -0.15) is 0 Å². The number of hydrogen-bond acceptors (Lipinski definition) is 10. The maximum absolute atomic E-state index is 13.8. The SMILES string of the molecule is CNS(=O)(=O)c1cc(-c2sc(Nc3cccc(N4CCN(C(=O)OCc5ccccc5)C(C)(C)C4=O)n3)nc2C)cc2c1C(=O)N(C(C)C1CC1)C2. The summed E-state index contributed by atoms with van der Waals surface area (Å²) in [5.74, 6) is 0.768. The number of benzene rings is 2. The second-order valence-corrected chi connectivity index (χ2v) is 16.7. The number of rotatable bonds is 10. The first kappa shape index (κ1) is 35.5. The van der Waals surface area contributed by atoms with Gasteiger partial charge in [-0.3, -0.25) is 19.4 Å². The van der Waals surface area contributed by atoms with Gasteiger partial charge in [-0.05, 0) is 94.5 Å². The topological polar surface area (TPSA) is 154 Å². The number of sulfonamides is 1. The highest BCUT2D eigenvalue weighted by atomic mass is 32.2. The van der Waals surface area contributed by atoms with Gasteiger partial charge in [0, 0.05) is 25.7 Å². The molecule has 7 rings (SSSR count). The molecule has 13 nitrogen and oxygen atoms in total. The summed E-state index contributed by atoms with van der Waals surface area (Å²) < 4.78 is 34.4. The third-order valence-corrected chi connectivity index (χ3v) is 12.6. The van der Waals surface area contributed by atoms with E-state index in [0.29, 0.717) is 46.1 Å². The lowest BCUT2D eigenvalue weighted by atomic mass is 9.98. The Bertz CT molecular complexity index is 2170. The van der Waals surface area contributed by atoms with E-state index in [1.165, 1.54) is 23.3 Å². The summed E-state index contributed by atoms with van der Waals surface area (Å²) in [5.41, 5.74) is 1.92. The summed E-state index contributed by atoms with van der Waals surface area (Å²) in [6.45, 7) is 8.22. The Hall–Kier alpha value is -4.86. The molecule has 0 bridgehead atoms. The molecule has 2 N–H and O–H groups in total. The summed E-state index contributed by atoms with van der Waals surface area (Å²) in [6.07, 6.45) is 1.58. The molecule has 1 saturated heterocycles. The maximum atomic E-state index is 13.8. The fraction of sp³-hybridized carbons (Fsp3) is 0.378. The van der Waals surface area contributed by atoms with Gasteiger partial charge in [0.2, 0.25) is 10.0 Å². The Balaban J connectivity index is 1.09. The Morgan fingerprint density at radius 3 is 2.52 bits per heavy atom. The van der Waals surface area contributed by atoms with E-state index in [2.05, 4.69) is 10.0 Å². The lowest BCUT2D eigenvalue weighted by molar-refractivity contribution is -0.130. The van der Waals surface area contributed by atoms with Gasteiger partial charge >= 0.3 is 6.09 Å². The van der Waals surface area contributed by atoms with Crippen LogP contribution in [0, 0.1) is 12.8 Å². The number of nitrogens with zero attached hydrogens (tertiary/aromatic N) is 5. The van der Waals surface area contributed by atoms with Crippen LogP contribution in [0.25, 0.3) is 10.4 Å². The molecule has 1 atom stereocenters. The van der Waals surface area contributed by atoms with Crippen molar-refractivity contribution in [2.75, 3.05) is 30.4 Å². The monoisotopic (exact) mass is 743 g/mol. The number of carbonyl (C=O) groups is 3. The van der Waals surface area contributed by atoms with Crippen molar-refractivity contribution in [3.63, 3.8) is 0 Å². The van der Waals surface area contributed by atoms with Crippen LogP contribution in [0.1, 0.15) is 60.8 Å². The Morgan fingerprint density at radius 1 is 1.06 bits per heavy atom. The van der Waals surface area contributed by atoms with Crippen LogP contribution in [0.4, 0.5) is 21.6 Å². The fourth-order valence-electron chi connectivity index (χ4n) is 6.89. The lowest BCUT2D eigenvalue weighted by Gasteiger charge is -2.44. The highest BCUT2D eigenvalue weighted by Crippen LogP contribution is 2.42. The first-order valence-corrected chi connectivity index (χ1v) is 19.5. The summed E-state index contributed by atoms with van der Waals surface area (Å²) >= 11 is 1.34. The van der Waals surface area contributed by atoms with E-state index in [1.54, 1.807) is 47.9 Å². The van der Waals surface area contributed by atoms with Crippen LogP contribution >= 0.6 is 11.3 Å². The number of fused-ring (bicyclic) bond motifs is 1. The average molecular weight is 744 g/mol. The number of thiazole rings is 1. The minimum atomic E-state index is -3.95. The zero-order valence-electron chi connectivity index (χ0n) is 29.7. The second kappa shape index (κ2) is 13.6. The molecule has 3 amide bonds. The predicted octanol–water partition coefficient (Wildman–Crippen LogP) is 5.68. The van der Waals surface area contributed by atoms with Gasteiger partial charge in [-0.25, -0.2) is 27.9 Å². The number of nitrogens with one attached hydrogen (secondary N) is 2. The molecule has 1 aliphatic carbocycles. The molecule has 0 spiro atoms. The second-order valence-electron chi connectivity index (χ2n) is 13.9. The maximum Gasteiger partial charge on any atom is 0.411 e. The van der Waals surface area contributed by atoms with Gasteiger partial charge < -0.3 is 15.0 Å². The lowest BCUT2D eigenvalue weighted by Crippen LogP contribution is -2.65. The number of ether oxygens (including phenoxy) is 1. The van der Waals surface area contributed by atoms with Crippen molar-refractivity contribution in [1.29, 1.82) is 0 Å². The number of carbonyl (C=O) groups excluding carboxylic acids is 3. The zero-order valence-corrected chi connectivity index (χ0v) is 31.3. The molecule has 4 heterocycles. The predicted molar refractivity (Wildman–Crippen MR) is 198 cm³/mol. The Labute approximate surface area is 307 Å². The third kappa shape index (κ3) is 6.63. The zero-order chi connectivity index (χ0) is 36.9. The summed E-state index contributed by atoms with van der Waals surface area (Å²) in [6, 6.07) is 18.1. The molecule has 1 unspecified atom stereocenters. The number of aryl methyl sites for hydroxylation is 1. The first-order chi connectivity index (χ1) is 24.8. The van der Waals surface area contributed by atoms with E-state index in [4.69, 9.17) is 14.7 Å². The van der Waals surface area contributed by atoms with E-state index in [9.17, 15) is 22.8 Å². The fourth-order valence-corrected chi connectivity index (χ4v) is 8.84. The van der Waals surface area contributed by atoms with Crippen molar-refractivity contribution in [3.8, 4) is 10.4 Å². The molecule has 2 aliphatic heterocycles. The van der Waals surface area contributed by atoms with Crippen LogP contribution in [0.2, 0.25) is 0 Å². The number of amides is 3. The number of hydrogen-bond donors (Lipinski definition) is 2. The van der Waals surface area contributed by atoms with Crippen LogP contribution in [0.5, 0.6) is 0 Å². The van der Waals surface area contributed by atoms with Crippen molar-refractivity contribution >= 4 is 56.0 Å². The first-order valence-electron chi connectivity index (χ1n) is 17.2. The molecule has 272 valence electrons. The third-order valence-electron chi connectivity index (χ3n) is 10.1. The highest BCUT2D eigenvalue weighted by Gasteiger charge is 2.46. The largest absolute Gasteiger partial charge is 0.445 e. The Kier molecular flexibility index (Phi) is 9.30. The van der Waals surface area contributed by atoms with Crippen LogP contribution in [-0.4, -0.2) is 77.8 Å². The van der Waals surface area contributed by atoms with E-state index < -0.39 is 21.7 Å². The van der Waals surface area contributed by atoms with E-state index in [0.717, 1.165) is 23.3 Å². The molecule has 2 aromatic carbocycles. The van der Waals surface area contributed by atoms with Crippen LogP contribution < -0.4 is 14.9 Å². The number of pyridine rings is 1. The molecule has 52 heavy (non-hydrogen) atoms. The summed E-state index contributed by atoms with van der Waals surface area (Å²) in [7, 11) is -2.60. The molecule has 2 aromatic heterocycles. The minimum Gasteiger partial charge on any atom is -0.445 e. The van der Waals surface area contributed by atoms with Gasteiger partial charge in [0.05, 0.1) is 21.0 Å². The van der Waals surface area contributed by atoms with Crippen LogP contribution in [0.3, 0.4) is 0 Å². The van der Waals surface area contributed by atoms with Gasteiger partial charge in [0.15, 0.2) is 5.13 Å². The summed E-state index contributed by atoms with van der Waals surface area (Å²) in [4.78, 5) is 55.3. The van der Waals surface area contributed by atoms with E-state index in [1.807, 2.05) is 50.2 Å². The summed E-state index contributed by atoms with van der Waals surface area (Å²) in [5, 5.41) is 3.77. The molecule has 2 fully saturated rings. The number of aromatic nitrogens is 2. The van der Waals surface area contributed by atoms with Crippen molar-refractivity contribution in [2.45, 2.75) is 70.2 Å². The molecule has 4 aromatic rings. The standard InChI is InChI=1S/C37H41N7O6S2/c1-22-32(26-18-27-20-43(23(2)25-14-15-25)33(45)31(27)28(19-26)52(48,49)38-5)51-35(39-22)41-29-12-9-13-30(40-29)42-16-17-44(37(3,4)34(42)46)36(47)50-21-24-10-7-6-8-11-24/h6-13,18-19,23,25,38H,14-17,20-21H2,1-5H3,(H,39,40,41). The highest BCUT2D eigenvalue weighted by molar-refractivity contribution is 7.89. The molecular weight excluding hydrogens is 703 g/mol. The van der Waals surface area contributed by atoms with Gasteiger partial charge in [0.1, 0.15) is 23.8 Å². The number of anilines is 3. The normalized spacial score (nSPS) is 17.7. The van der Waals surface area contributed by atoms with Crippen LogP contribution in [0.15, 0.2) is 65.6 Å². The van der Waals surface area contributed by atoms with Crippen molar-refractivity contribution in [1.82, 2.24) is 24.5 Å². The quantitative estimate of drug-likeness (QED) is 0.209. The van der Waals surface area contributed by atoms with Gasteiger partial charge in [-0.15, -0.1) is 0 Å². The van der Waals surface area contributed by atoms with Crippen molar-refractivity contribution in [2.24, 2.45) is 5.92 Å². The molecule has 3 aliphatic rings. The minimum absolute atomic E-state index is 0.0318. The average Bonchev–Trinajstić information content (AvgIpc) is 3.84. The number of piperazine rings is 1. The van der Waals surface area contributed by atoms with Gasteiger partial charge in [-0.1, -0.05) is 47.7 Å². The molecule has 0 radical (unpaired) electrons. The van der Waals surface area contributed by atoms with Crippen molar-refractivity contribution in [3.05, 3.63) is 83.0 Å². The Morgan fingerprint density at radius 2 is 1.81 bits per heavy atom. The van der Waals surface area contributed by atoms with E-state index >= 15 is 0 Å².